The SMILES string of the molecule is c1ccc(-c2ccc(-c3nc(-c4ccc(-c5ccccc5)cc4)nc(-c4c5ccccc5c(-c5cc(-c6ccccc6)nc(-c6ccccc6)n5)c5ccccc45)n3)cc2)cc1. The van der Waals surface area contributed by atoms with E-state index < -0.39 is 0 Å². The minimum absolute atomic E-state index is 0.598. The van der Waals surface area contributed by atoms with Gasteiger partial charge in [-0.3, -0.25) is 0 Å². The van der Waals surface area contributed by atoms with Crippen LogP contribution >= 0.6 is 0 Å². The first-order valence-electron chi connectivity index (χ1n) is 20.8. The summed E-state index contributed by atoms with van der Waals surface area (Å²) in [6.07, 6.45) is 0. The van der Waals surface area contributed by atoms with Gasteiger partial charge >= 0.3 is 0 Å². The van der Waals surface area contributed by atoms with Gasteiger partial charge in [0, 0.05) is 33.4 Å². The fourth-order valence-electron chi connectivity index (χ4n) is 8.32. The molecule has 0 bridgehead atoms. The monoisotopic (exact) mass is 791 g/mol. The summed E-state index contributed by atoms with van der Waals surface area (Å²) in [5.74, 6) is 2.47. The third-order valence-electron chi connectivity index (χ3n) is 11.4. The van der Waals surface area contributed by atoms with Gasteiger partial charge < -0.3 is 0 Å². The Morgan fingerprint density at radius 2 is 0.484 bits per heavy atom. The molecule has 0 amide bonds. The number of hydrogen-bond donors (Lipinski definition) is 0. The third kappa shape index (κ3) is 6.97. The van der Waals surface area contributed by atoms with Crippen molar-refractivity contribution in [1.82, 2.24) is 24.9 Å². The molecule has 9 aromatic carbocycles. The Bertz CT molecular complexity index is 3140. The van der Waals surface area contributed by atoms with Crippen molar-refractivity contribution in [2.45, 2.75) is 0 Å². The van der Waals surface area contributed by atoms with Crippen LogP contribution in [0.15, 0.2) is 224 Å². The summed E-state index contributed by atoms with van der Waals surface area (Å²) in [6.45, 7) is 0. The highest BCUT2D eigenvalue weighted by Crippen LogP contribution is 2.44. The fraction of sp³-hybridized carbons (Fsp3) is 0. The summed E-state index contributed by atoms with van der Waals surface area (Å²) in [4.78, 5) is 26.2. The highest BCUT2D eigenvalue weighted by molar-refractivity contribution is 6.20. The van der Waals surface area contributed by atoms with E-state index in [0.29, 0.717) is 23.3 Å². The normalized spacial score (nSPS) is 11.2. The van der Waals surface area contributed by atoms with Crippen molar-refractivity contribution in [3.8, 4) is 90.3 Å². The van der Waals surface area contributed by atoms with Crippen molar-refractivity contribution in [2.75, 3.05) is 0 Å². The van der Waals surface area contributed by atoms with Gasteiger partial charge in [0.15, 0.2) is 23.3 Å². The highest BCUT2D eigenvalue weighted by Gasteiger charge is 2.22. The average molecular weight is 792 g/mol. The third-order valence-corrected chi connectivity index (χ3v) is 11.4. The summed E-state index contributed by atoms with van der Waals surface area (Å²) in [6, 6.07) is 77.5. The molecule has 0 aliphatic rings. The second-order valence-electron chi connectivity index (χ2n) is 15.2. The zero-order valence-corrected chi connectivity index (χ0v) is 33.6. The van der Waals surface area contributed by atoms with E-state index >= 15 is 0 Å². The first-order valence-corrected chi connectivity index (χ1v) is 20.8. The lowest BCUT2D eigenvalue weighted by Crippen LogP contribution is -2.02. The van der Waals surface area contributed by atoms with Crippen molar-refractivity contribution in [2.24, 2.45) is 0 Å². The van der Waals surface area contributed by atoms with Gasteiger partial charge in [-0.2, -0.15) is 0 Å². The van der Waals surface area contributed by atoms with Crippen molar-refractivity contribution >= 4 is 21.5 Å². The topological polar surface area (TPSA) is 64.5 Å². The van der Waals surface area contributed by atoms with Crippen LogP contribution in [-0.4, -0.2) is 24.9 Å². The molecule has 2 aromatic heterocycles. The predicted octanol–water partition coefficient (Wildman–Crippen LogP) is 14.3. The molecule has 62 heavy (non-hydrogen) atoms. The van der Waals surface area contributed by atoms with E-state index in [1.54, 1.807) is 0 Å². The van der Waals surface area contributed by atoms with E-state index in [9.17, 15) is 0 Å². The molecule has 0 saturated heterocycles. The zero-order valence-electron chi connectivity index (χ0n) is 33.6. The van der Waals surface area contributed by atoms with E-state index in [0.717, 1.165) is 88.6 Å². The van der Waals surface area contributed by atoms with Crippen LogP contribution in [0.25, 0.3) is 112 Å². The van der Waals surface area contributed by atoms with Crippen molar-refractivity contribution in [3.05, 3.63) is 224 Å². The summed E-state index contributed by atoms with van der Waals surface area (Å²) in [5, 5.41) is 4.12. The van der Waals surface area contributed by atoms with Crippen molar-refractivity contribution < 1.29 is 0 Å². The van der Waals surface area contributed by atoms with Crippen LogP contribution < -0.4 is 0 Å². The lowest BCUT2D eigenvalue weighted by molar-refractivity contribution is 1.08. The number of benzene rings is 9. The van der Waals surface area contributed by atoms with Gasteiger partial charge in [0.25, 0.3) is 0 Å². The molecule has 0 saturated carbocycles. The Morgan fingerprint density at radius 1 is 0.194 bits per heavy atom. The molecule has 0 N–H and O–H groups in total. The van der Waals surface area contributed by atoms with Crippen LogP contribution in [0, 0.1) is 0 Å². The quantitative estimate of drug-likeness (QED) is 0.143. The summed E-state index contributed by atoms with van der Waals surface area (Å²) >= 11 is 0. The fourth-order valence-corrected chi connectivity index (χ4v) is 8.32. The molecule has 0 aliphatic heterocycles. The number of fused-ring (bicyclic) bond motifs is 2. The Labute approximate surface area is 359 Å². The Morgan fingerprint density at radius 3 is 0.935 bits per heavy atom. The van der Waals surface area contributed by atoms with Gasteiger partial charge in [-0.25, -0.2) is 24.9 Å². The molecule has 5 heteroatoms. The molecule has 2 heterocycles. The number of rotatable bonds is 8. The first-order chi connectivity index (χ1) is 30.7. The van der Waals surface area contributed by atoms with E-state index in [1.807, 2.05) is 48.5 Å². The molecule has 0 spiro atoms. The number of nitrogens with zero attached hydrogens (tertiary/aromatic N) is 5. The molecule has 0 fully saturated rings. The zero-order chi connectivity index (χ0) is 41.2. The maximum absolute atomic E-state index is 5.33. The van der Waals surface area contributed by atoms with E-state index in [1.165, 1.54) is 0 Å². The van der Waals surface area contributed by atoms with Crippen molar-refractivity contribution in [3.63, 3.8) is 0 Å². The van der Waals surface area contributed by atoms with Gasteiger partial charge in [-0.05, 0) is 49.9 Å². The molecular weight excluding hydrogens is 755 g/mol. The van der Waals surface area contributed by atoms with Crippen LogP contribution in [0.1, 0.15) is 0 Å². The van der Waals surface area contributed by atoms with E-state index in [2.05, 4.69) is 176 Å². The molecule has 0 atom stereocenters. The lowest BCUT2D eigenvalue weighted by atomic mass is 9.89. The minimum atomic E-state index is 0.598. The second kappa shape index (κ2) is 16.0. The van der Waals surface area contributed by atoms with Gasteiger partial charge in [0.1, 0.15) is 0 Å². The summed E-state index contributed by atoms with van der Waals surface area (Å²) in [7, 11) is 0. The largest absolute Gasteiger partial charge is 0.228 e. The molecule has 0 radical (unpaired) electrons. The molecule has 0 aliphatic carbocycles. The maximum Gasteiger partial charge on any atom is 0.165 e. The number of aromatic nitrogens is 5. The Balaban J connectivity index is 1.14. The average Bonchev–Trinajstić information content (AvgIpc) is 3.36. The van der Waals surface area contributed by atoms with Gasteiger partial charge in [-0.1, -0.05) is 218 Å². The maximum atomic E-state index is 5.33. The molecule has 290 valence electrons. The van der Waals surface area contributed by atoms with Gasteiger partial charge in [0.05, 0.1) is 11.4 Å². The van der Waals surface area contributed by atoms with Gasteiger partial charge in [-0.15, -0.1) is 0 Å². The Hall–Kier alpha value is -8.41. The van der Waals surface area contributed by atoms with Crippen LogP contribution in [0.4, 0.5) is 0 Å². The molecule has 0 unspecified atom stereocenters. The van der Waals surface area contributed by atoms with Gasteiger partial charge in [0.2, 0.25) is 0 Å². The number of hydrogen-bond acceptors (Lipinski definition) is 5. The van der Waals surface area contributed by atoms with Crippen molar-refractivity contribution in [1.29, 1.82) is 0 Å². The molecule has 5 nitrogen and oxygen atoms in total. The van der Waals surface area contributed by atoms with E-state index in [4.69, 9.17) is 24.9 Å². The van der Waals surface area contributed by atoms with Crippen LogP contribution in [0.3, 0.4) is 0 Å². The highest BCUT2D eigenvalue weighted by atomic mass is 15.0. The predicted molar refractivity (Wildman–Crippen MR) is 254 cm³/mol. The lowest BCUT2D eigenvalue weighted by Gasteiger charge is -2.18. The van der Waals surface area contributed by atoms with Crippen LogP contribution in [-0.2, 0) is 0 Å². The summed E-state index contributed by atoms with van der Waals surface area (Å²) < 4.78 is 0. The van der Waals surface area contributed by atoms with Crippen LogP contribution in [0.2, 0.25) is 0 Å². The molecular formula is C57H37N5. The smallest absolute Gasteiger partial charge is 0.165 e. The second-order valence-corrected chi connectivity index (χ2v) is 15.2. The molecule has 11 rings (SSSR count). The Kier molecular flexibility index (Phi) is 9.45. The van der Waals surface area contributed by atoms with Crippen LogP contribution in [0.5, 0.6) is 0 Å². The van der Waals surface area contributed by atoms with E-state index in [-0.39, 0.29) is 0 Å². The molecule has 11 aromatic rings. The summed E-state index contributed by atoms with van der Waals surface area (Å²) in [5.41, 5.74) is 12.0. The first kappa shape index (κ1) is 36.7. The minimum Gasteiger partial charge on any atom is -0.228 e. The standard InChI is InChI=1S/C57H37N5/c1-5-17-38(18-6-1)40-29-33-44(34-30-40)55-60-56(45-35-31-41(32-36-45)39-19-7-2-8-20-39)62-57(61-55)53-48-27-15-13-25-46(48)52(47-26-14-16-28-49(47)53)51-37-50(42-21-9-3-10-22-42)58-54(59-51)43-23-11-4-12-24-43/h1-37H.